The van der Waals surface area contributed by atoms with Gasteiger partial charge in [-0.15, -0.1) is 0 Å². The molecule has 0 spiro atoms. The van der Waals surface area contributed by atoms with Crippen LogP contribution in [0.5, 0.6) is 11.5 Å². The number of amides is 1. The highest BCUT2D eigenvalue weighted by atomic mass is 32.2. The molecule has 1 amide bonds. The molecule has 3 aromatic rings. The fourth-order valence-corrected chi connectivity index (χ4v) is 6.94. The van der Waals surface area contributed by atoms with Crippen LogP contribution in [0.2, 0.25) is 0 Å². The number of nitrogens with one attached hydrogen (secondary N) is 1. The molecule has 1 aromatic heterocycles. The number of carbonyl (C=O) groups excluding carboxylic acids is 1. The third-order valence-electron chi connectivity index (χ3n) is 7.33. The highest BCUT2D eigenvalue weighted by Crippen LogP contribution is 2.30. The third-order valence-corrected chi connectivity index (χ3v) is 10.4. The number of methoxy groups -OCH3 is 1. The zero-order valence-electron chi connectivity index (χ0n) is 24.7. The Labute approximate surface area is 252 Å². The van der Waals surface area contributed by atoms with Crippen LogP contribution in [0.3, 0.4) is 0 Å². The molecule has 0 aliphatic carbocycles. The molecule has 13 nitrogen and oxygen atoms in total. The Morgan fingerprint density at radius 2 is 1.88 bits per heavy atom. The maximum atomic E-state index is 13.5. The minimum absolute atomic E-state index is 0.0431. The van der Waals surface area contributed by atoms with Gasteiger partial charge in [-0.05, 0) is 49.4 Å². The van der Waals surface area contributed by atoms with Crippen molar-refractivity contribution in [2.75, 3.05) is 38.6 Å². The zero-order chi connectivity index (χ0) is 31.5. The van der Waals surface area contributed by atoms with E-state index < -0.39 is 32.2 Å². The summed E-state index contributed by atoms with van der Waals surface area (Å²) in [6, 6.07) is 10.1. The van der Waals surface area contributed by atoms with E-state index >= 15 is 0 Å². The van der Waals surface area contributed by atoms with Crippen LogP contribution in [0.15, 0.2) is 64.9 Å². The van der Waals surface area contributed by atoms with E-state index in [1.54, 1.807) is 37.1 Å². The van der Waals surface area contributed by atoms with Crippen LogP contribution >= 0.6 is 0 Å². The summed E-state index contributed by atoms with van der Waals surface area (Å²) in [7, 11) is -3.30. The molecule has 0 fully saturated rings. The van der Waals surface area contributed by atoms with Crippen molar-refractivity contribution in [2.24, 2.45) is 13.0 Å². The summed E-state index contributed by atoms with van der Waals surface area (Å²) in [6.07, 6.45) is 1.91. The standard InChI is InChI=1S/C28H37N5O8S2/c1-19-14-33(20(2)17-34)28(35)13-21-12-22(30-42(36,37)27-16-31(3)18-29-27)6-11-25(21)41-26(19)15-32(4)43(38,39)24-9-7-23(40-5)8-10-24/h6-12,16,18-20,26,30,34H,13-15,17H2,1-5H3/t19-,20-,26-/m0/s1. The van der Waals surface area contributed by atoms with E-state index in [2.05, 4.69) is 9.71 Å². The molecule has 15 heteroatoms. The maximum absolute atomic E-state index is 13.5. The quantitative estimate of drug-likeness (QED) is 0.338. The Morgan fingerprint density at radius 3 is 2.49 bits per heavy atom. The van der Waals surface area contributed by atoms with Gasteiger partial charge in [0.25, 0.3) is 10.0 Å². The van der Waals surface area contributed by atoms with E-state index in [4.69, 9.17) is 9.47 Å². The molecule has 2 heterocycles. The van der Waals surface area contributed by atoms with E-state index in [-0.39, 0.29) is 53.6 Å². The number of hydrogen-bond acceptors (Lipinski definition) is 9. The number of likely N-dealkylation sites (N-methyl/N-ethyl adjacent to an activating group) is 1. The lowest BCUT2D eigenvalue weighted by molar-refractivity contribution is -0.134. The fourth-order valence-electron chi connectivity index (χ4n) is 4.73. The number of carbonyl (C=O) groups is 1. The van der Waals surface area contributed by atoms with Crippen molar-refractivity contribution in [1.82, 2.24) is 18.8 Å². The van der Waals surface area contributed by atoms with Crippen LogP contribution in [-0.2, 0) is 38.3 Å². The molecule has 1 aliphatic heterocycles. The maximum Gasteiger partial charge on any atom is 0.280 e. The molecule has 43 heavy (non-hydrogen) atoms. The van der Waals surface area contributed by atoms with Gasteiger partial charge in [-0.1, -0.05) is 6.92 Å². The van der Waals surface area contributed by atoms with E-state index in [1.165, 1.54) is 59.8 Å². The van der Waals surface area contributed by atoms with Crippen LogP contribution in [0.25, 0.3) is 0 Å². The topological polar surface area (TPSA) is 160 Å². The summed E-state index contributed by atoms with van der Waals surface area (Å²) in [5.41, 5.74) is 0.603. The number of aryl methyl sites for hydroxylation is 1. The second kappa shape index (κ2) is 12.9. The van der Waals surface area contributed by atoms with Gasteiger partial charge in [-0.2, -0.15) is 12.7 Å². The number of rotatable bonds is 10. The molecular weight excluding hydrogens is 598 g/mol. The summed E-state index contributed by atoms with van der Waals surface area (Å²) in [5, 5.41) is 9.71. The first-order valence-electron chi connectivity index (χ1n) is 13.6. The Hall–Kier alpha value is -3.66. The Balaban J connectivity index is 1.67. The van der Waals surface area contributed by atoms with Crippen molar-refractivity contribution < 1.29 is 36.2 Å². The average Bonchev–Trinajstić information content (AvgIpc) is 3.43. The first kappa shape index (κ1) is 32.3. The van der Waals surface area contributed by atoms with Crippen molar-refractivity contribution in [3.8, 4) is 11.5 Å². The van der Waals surface area contributed by atoms with Gasteiger partial charge < -0.3 is 24.0 Å². The van der Waals surface area contributed by atoms with Crippen molar-refractivity contribution in [3.05, 3.63) is 60.6 Å². The highest BCUT2D eigenvalue weighted by Gasteiger charge is 2.33. The van der Waals surface area contributed by atoms with Gasteiger partial charge in [0.05, 0.1) is 43.9 Å². The van der Waals surface area contributed by atoms with E-state index in [0.717, 1.165) is 0 Å². The number of aromatic nitrogens is 2. The number of benzene rings is 2. The number of aliphatic hydroxyl groups excluding tert-OH is 1. The van der Waals surface area contributed by atoms with Gasteiger partial charge in [-0.3, -0.25) is 9.52 Å². The largest absolute Gasteiger partial charge is 0.497 e. The van der Waals surface area contributed by atoms with Crippen LogP contribution in [0.1, 0.15) is 19.4 Å². The first-order chi connectivity index (χ1) is 20.2. The second-order valence-corrected chi connectivity index (χ2v) is 14.3. The van der Waals surface area contributed by atoms with Gasteiger partial charge in [0.2, 0.25) is 15.9 Å². The van der Waals surface area contributed by atoms with E-state index in [1.807, 2.05) is 6.92 Å². The molecule has 3 atom stereocenters. The van der Waals surface area contributed by atoms with Crippen molar-refractivity contribution >= 4 is 31.6 Å². The Morgan fingerprint density at radius 1 is 1.19 bits per heavy atom. The number of aliphatic hydroxyl groups is 1. The lowest BCUT2D eigenvalue weighted by atomic mass is 10.0. The summed E-state index contributed by atoms with van der Waals surface area (Å²) in [5.74, 6) is 0.207. The lowest BCUT2D eigenvalue weighted by Crippen LogP contribution is -2.48. The monoisotopic (exact) mass is 635 g/mol. The summed E-state index contributed by atoms with van der Waals surface area (Å²) >= 11 is 0. The predicted molar refractivity (Wildman–Crippen MR) is 159 cm³/mol. The average molecular weight is 636 g/mol. The smallest absolute Gasteiger partial charge is 0.280 e. The SMILES string of the molecule is COc1ccc(S(=O)(=O)N(C)C[C@@H]2Oc3ccc(NS(=O)(=O)c4cn(C)cn4)cc3CC(=O)N([C@@H](C)CO)C[C@@H]2C)cc1. The van der Waals surface area contributed by atoms with Crippen LogP contribution < -0.4 is 14.2 Å². The molecule has 0 saturated heterocycles. The Kier molecular flexibility index (Phi) is 9.69. The molecule has 2 aromatic carbocycles. The number of hydrogen-bond donors (Lipinski definition) is 2. The second-order valence-electron chi connectivity index (χ2n) is 10.7. The minimum atomic E-state index is -4.00. The molecule has 0 radical (unpaired) electrons. The van der Waals surface area contributed by atoms with Crippen LogP contribution in [-0.4, -0.2) is 92.6 Å². The van der Waals surface area contributed by atoms with E-state index in [0.29, 0.717) is 17.1 Å². The summed E-state index contributed by atoms with van der Waals surface area (Å²) < 4.78 is 69.3. The summed E-state index contributed by atoms with van der Waals surface area (Å²) in [4.78, 5) is 19.0. The zero-order valence-corrected chi connectivity index (χ0v) is 26.3. The van der Waals surface area contributed by atoms with Gasteiger partial charge in [0, 0.05) is 44.0 Å². The van der Waals surface area contributed by atoms with Gasteiger partial charge in [0.15, 0.2) is 5.03 Å². The molecule has 2 N–H and O–H groups in total. The molecule has 1 aliphatic rings. The number of ether oxygens (including phenoxy) is 2. The third kappa shape index (κ3) is 7.29. The van der Waals surface area contributed by atoms with E-state index in [9.17, 15) is 26.7 Å². The summed E-state index contributed by atoms with van der Waals surface area (Å²) in [6.45, 7) is 3.46. The molecule has 4 rings (SSSR count). The minimum Gasteiger partial charge on any atom is -0.497 e. The first-order valence-corrected chi connectivity index (χ1v) is 16.5. The van der Waals surface area contributed by atoms with Crippen molar-refractivity contribution in [2.45, 2.75) is 42.3 Å². The van der Waals surface area contributed by atoms with Gasteiger partial charge >= 0.3 is 0 Å². The lowest BCUT2D eigenvalue weighted by Gasteiger charge is -2.33. The Bertz CT molecular complexity index is 1660. The van der Waals surface area contributed by atoms with Crippen LogP contribution in [0, 0.1) is 5.92 Å². The normalized spacial score (nSPS) is 18.7. The van der Waals surface area contributed by atoms with Gasteiger partial charge in [0.1, 0.15) is 17.6 Å². The van der Waals surface area contributed by atoms with Crippen molar-refractivity contribution in [3.63, 3.8) is 0 Å². The number of imidazole rings is 1. The molecule has 0 bridgehead atoms. The number of anilines is 1. The van der Waals surface area contributed by atoms with Crippen molar-refractivity contribution in [1.29, 1.82) is 0 Å². The number of sulfonamides is 2. The number of fused-ring (bicyclic) bond motifs is 1. The highest BCUT2D eigenvalue weighted by molar-refractivity contribution is 7.92. The predicted octanol–water partition coefficient (Wildman–Crippen LogP) is 1.70. The fraction of sp³-hybridized carbons (Fsp3) is 0.429. The molecule has 0 unspecified atom stereocenters. The molecule has 234 valence electrons. The van der Waals surface area contributed by atoms with Crippen LogP contribution in [0.4, 0.5) is 5.69 Å². The molecular formula is C28H37N5O8S2. The number of nitrogens with zero attached hydrogens (tertiary/aromatic N) is 4. The molecule has 0 saturated carbocycles. The van der Waals surface area contributed by atoms with Gasteiger partial charge in [-0.25, -0.2) is 13.4 Å².